The van der Waals surface area contributed by atoms with Gasteiger partial charge in [0.1, 0.15) is 17.3 Å². The Morgan fingerprint density at radius 1 is 1.19 bits per heavy atom. The number of imidazole rings is 1. The number of methoxy groups -OCH3 is 2. The molecule has 1 aromatic heterocycles. The van der Waals surface area contributed by atoms with Gasteiger partial charge in [-0.1, -0.05) is 0 Å². The number of nitrogens with zero attached hydrogens (tertiary/aromatic N) is 4. The quantitative estimate of drug-likeness (QED) is 0.203. The molecule has 2 aromatic rings. The number of aromatic nitrogens is 2. The Hall–Kier alpha value is -2.01. The standard InChI is InChI=1S/C23H36N6O2.HI/c1-18-25-9-12-29(18)10-6-5-8-26-23(24-2)27-20-7-11-28(17-20)16-19-13-21(30-3)15-22(14-19)31-4;/h9,12-15,20H,5-8,10-11,16-17H2,1-4H3,(H2,24,26,27);1H. The zero-order valence-electron chi connectivity index (χ0n) is 19.6. The molecule has 8 nitrogen and oxygen atoms in total. The van der Waals surface area contributed by atoms with Gasteiger partial charge in [0, 0.05) is 64.3 Å². The summed E-state index contributed by atoms with van der Waals surface area (Å²) in [6.45, 7) is 6.88. The Morgan fingerprint density at radius 3 is 2.56 bits per heavy atom. The van der Waals surface area contributed by atoms with E-state index in [9.17, 15) is 0 Å². The van der Waals surface area contributed by atoms with E-state index in [0.717, 1.165) is 75.3 Å². The predicted octanol–water partition coefficient (Wildman–Crippen LogP) is 3.05. The molecule has 0 amide bonds. The molecule has 0 radical (unpaired) electrons. The fourth-order valence-electron chi connectivity index (χ4n) is 3.95. The Morgan fingerprint density at radius 2 is 1.94 bits per heavy atom. The van der Waals surface area contributed by atoms with Crippen LogP contribution in [0.25, 0.3) is 0 Å². The number of aryl methyl sites for hydroxylation is 2. The average molecular weight is 556 g/mol. The number of unbranched alkanes of at least 4 members (excludes halogenated alkanes) is 1. The first-order valence-corrected chi connectivity index (χ1v) is 11.0. The molecule has 0 saturated carbocycles. The third kappa shape index (κ3) is 7.84. The second kappa shape index (κ2) is 13.5. The van der Waals surface area contributed by atoms with Crippen molar-refractivity contribution < 1.29 is 9.47 Å². The maximum atomic E-state index is 5.39. The number of rotatable bonds is 10. The van der Waals surface area contributed by atoms with Crippen LogP contribution < -0.4 is 20.1 Å². The van der Waals surface area contributed by atoms with Gasteiger partial charge in [-0.15, -0.1) is 24.0 Å². The minimum absolute atomic E-state index is 0. The summed E-state index contributed by atoms with van der Waals surface area (Å²) in [6, 6.07) is 6.46. The first kappa shape index (κ1) is 26.2. The molecule has 3 rings (SSSR count). The minimum atomic E-state index is 0. The SMILES string of the molecule is CN=C(NCCCCn1ccnc1C)NC1CCN(Cc2cc(OC)cc(OC)c2)C1.I. The fraction of sp³-hybridized carbons (Fsp3) is 0.565. The summed E-state index contributed by atoms with van der Waals surface area (Å²) in [6.07, 6.45) is 7.20. The highest BCUT2D eigenvalue weighted by molar-refractivity contribution is 14.0. The molecule has 1 aliphatic rings. The van der Waals surface area contributed by atoms with Crippen LogP contribution in [0.5, 0.6) is 11.5 Å². The Labute approximate surface area is 208 Å². The van der Waals surface area contributed by atoms with Crippen LogP contribution in [0.3, 0.4) is 0 Å². The number of hydrogen-bond donors (Lipinski definition) is 2. The van der Waals surface area contributed by atoms with Gasteiger partial charge in [-0.3, -0.25) is 9.89 Å². The molecule has 9 heteroatoms. The minimum Gasteiger partial charge on any atom is -0.497 e. The number of guanidine groups is 1. The normalized spacial score (nSPS) is 16.5. The first-order valence-electron chi connectivity index (χ1n) is 11.0. The van der Waals surface area contributed by atoms with Crippen molar-refractivity contribution in [3.05, 3.63) is 42.0 Å². The molecule has 1 aliphatic heterocycles. The van der Waals surface area contributed by atoms with E-state index in [-0.39, 0.29) is 24.0 Å². The summed E-state index contributed by atoms with van der Waals surface area (Å²) in [7, 11) is 5.21. The molecule has 0 bridgehead atoms. The number of ether oxygens (including phenoxy) is 2. The summed E-state index contributed by atoms with van der Waals surface area (Å²) in [5, 5.41) is 7.02. The smallest absolute Gasteiger partial charge is 0.191 e. The molecule has 1 saturated heterocycles. The zero-order chi connectivity index (χ0) is 22.1. The van der Waals surface area contributed by atoms with Crippen LogP contribution in [0.4, 0.5) is 0 Å². The molecular weight excluding hydrogens is 519 g/mol. The third-order valence-electron chi connectivity index (χ3n) is 5.70. The van der Waals surface area contributed by atoms with Crippen LogP contribution in [-0.2, 0) is 13.1 Å². The number of benzene rings is 1. The van der Waals surface area contributed by atoms with E-state index in [2.05, 4.69) is 42.2 Å². The lowest BCUT2D eigenvalue weighted by Crippen LogP contribution is -2.44. The molecule has 32 heavy (non-hydrogen) atoms. The van der Waals surface area contributed by atoms with E-state index in [1.807, 2.05) is 32.4 Å². The summed E-state index contributed by atoms with van der Waals surface area (Å²) in [5.41, 5.74) is 1.20. The van der Waals surface area contributed by atoms with Gasteiger partial charge in [0.05, 0.1) is 14.2 Å². The highest BCUT2D eigenvalue weighted by Gasteiger charge is 2.23. The van der Waals surface area contributed by atoms with Crippen LogP contribution in [0, 0.1) is 6.92 Å². The molecule has 0 aliphatic carbocycles. The predicted molar refractivity (Wildman–Crippen MR) is 139 cm³/mol. The Bertz CT molecular complexity index is 835. The first-order chi connectivity index (χ1) is 15.1. The van der Waals surface area contributed by atoms with Gasteiger partial charge in [0.2, 0.25) is 0 Å². The number of likely N-dealkylation sites (tertiary alicyclic amines) is 1. The summed E-state index contributed by atoms with van der Waals surface area (Å²) < 4.78 is 13.0. The van der Waals surface area contributed by atoms with Crippen LogP contribution in [0.1, 0.15) is 30.7 Å². The van der Waals surface area contributed by atoms with Gasteiger partial charge in [-0.2, -0.15) is 0 Å². The Balaban J connectivity index is 0.00000363. The van der Waals surface area contributed by atoms with Crippen molar-refractivity contribution >= 4 is 29.9 Å². The summed E-state index contributed by atoms with van der Waals surface area (Å²) >= 11 is 0. The number of halogens is 1. The van der Waals surface area contributed by atoms with Crippen molar-refractivity contribution in [2.45, 2.75) is 45.3 Å². The van der Waals surface area contributed by atoms with Crippen LogP contribution in [-0.4, -0.2) is 67.4 Å². The zero-order valence-corrected chi connectivity index (χ0v) is 22.0. The number of hydrogen-bond acceptors (Lipinski definition) is 5. The summed E-state index contributed by atoms with van der Waals surface area (Å²) in [5.74, 6) is 3.62. The van der Waals surface area contributed by atoms with Gasteiger partial charge in [0.25, 0.3) is 0 Å². The third-order valence-corrected chi connectivity index (χ3v) is 5.70. The van der Waals surface area contributed by atoms with Gasteiger partial charge < -0.3 is 24.7 Å². The van der Waals surface area contributed by atoms with Gasteiger partial charge in [-0.05, 0) is 43.9 Å². The lowest BCUT2D eigenvalue weighted by atomic mass is 10.2. The van der Waals surface area contributed by atoms with Crippen molar-refractivity contribution in [2.75, 3.05) is 40.9 Å². The van der Waals surface area contributed by atoms with Crippen molar-refractivity contribution in [3.8, 4) is 11.5 Å². The molecule has 1 atom stereocenters. The average Bonchev–Trinajstić information content (AvgIpc) is 3.40. The highest BCUT2D eigenvalue weighted by atomic mass is 127. The molecule has 2 heterocycles. The molecular formula is C23H37IN6O2. The molecule has 0 spiro atoms. The van der Waals surface area contributed by atoms with Crippen molar-refractivity contribution in [2.24, 2.45) is 4.99 Å². The van der Waals surface area contributed by atoms with Crippen LogP contribution >= 0.6 is 24.0 Å². The summed E-state index contributed by atoms with van der Waals surface area (Å²) in [4.78, 5) is 11.1. The van der Waals surface area contributed by atoms with Gasteiger partial charge in [-0.25, -0.2) is 4.98 Å². The lowest BCUT2D eigenvalue weighted by Gasteiger charge is -2.19. The van der Waals surface area contributed by atoms with Crippen molar-refractivity contribution in [1.82, 2.24) is 25.1 Å². The van der Waals surface area contributed by atoms with Crippen LogP contribution in [0.2, 0.25) is 0 Å². The van der Waals surface area contributed by atoms with E-state index in [4.69, 9.17) is 9.47 Å². The second-order valence-electron chi connectivity index (χ2n) is 7.96. The number of nitrogens with one attached hydrogen (secondary N) is 2. The van der Waals surface area contributed by atoms with Gasteiger partial charge in [0.15, 0.2) is 5.96 Å². The van der Waals surface area contributed by atoms with E-state index < -0.39 is 0 Å². The maximum absolute atomic E-state index is 5.39. The largest absolute Gasteiger partial charge is 0.497 e. The van der Waals surface area contributed by atoms with Crippen molar-refractivity contribution in [1.29, 1.82) is 0 Å². The Kier molecular flexibility index (Phi) is 11.1. The van der Waals surface area contributed by atoms with E-state index >= 15 is 0 Å². The van der Waals surface area contributed by atoms with Crippen molar-refractivity contribution in [3.63, 3.8) is 0 Å². The maximum Gasteiger partial charge on any atom is 0.191 e. The lowest BCUT2D eigenvalue weighted by molar-refractivity contribution is 0.321. The fourth-order valence-corrected chi connectivity index (χ4v) is 3.95. The molecule has 2 N–H and O–H groups in total. The second-order valence-corrected chi connectivity index (χ2v) is 7.96. The monoisotopic (exact) mass is 556 g/mol. The molecule has 1 unspecified atom stereocenters. The van der Waals surface area contributed by atoms with Crippen LogP contribution in [0.15, 0.2) is 35.6 Å². The van der Waals surface area contributed by atoms with Gasteiger partial charge >= 0.3 is 0 Å². The highest BCUT2D eigenvalue weighted by Crippen LogP contribution is 2.24. The molecule has 178 valence electrons. The van der Waals surface area contributed by atoms with E-state index in [1.54, 1.807) is 14.2 Å². The number of aliphatic imine (C=N–C) groups is 1. The molecule has 1 aromatic carbocycles. The topological polar surface area (TPSA) is 75.9 Å². The van der Waals surface area contributed by atoms with E-state index in [1.165, 1.54) is 5.56 Å². The molecule has 1 fully saturated rings. The van der Waals surface area contributed by atoms with E-state index in [0.29, 0.717) is 6.04 Å².